The normalized spacial score (nSPS) is 21.1. The van der Waals surface area contributed by atoms with Crippen molar-refractivity contribution in [1.82, 2.24) is 20.0 Å². The van der Waals surface area contributed by atoms with Crippen LogP contribution in [-0.4, -0.2) is 99.6 Å². The molecule has 0 unspecified atom stereocenters. The second-order valence-corrected chi connectivity index (χ2v) is 15.1. The molecule has 8 nitrogen and oxygen atoms in total. The second kappa shape index (κ2) is 17.2. The molecule has 0 aromatic heterocycles. The SMILES string of the molecule is CN(C(=O)[C@H](CSCC1CCCCC1)NC(=O)[C@@H]1CSCN1C(=O)OC(C)(C)C)C1CCN(Cc2ccccc2)CC1.Cl. The number of ether oxygens (including phenoxy) is 1. The van der Waals surface area contributed by atoms with Crippen molar-refractivity contribution in [1.29, 1.82) is 0 Å². The maximum absolute atomic E-state index is 13.9. The highest BCUT2D eigenvalue weighted by Gasteiger charge is 2.39. The Balaban J connectivity index is 0.00000506. The number of hydrogen-bond acceptors (Lipinski definition) is 7. The molecular formula is C32H51ClN4O4S2. The van der Waals surface area contributed by atoms with Gasteiger partial charge in [0.2, 0.25) is 11.8 Å². The number of benzene rings is 1. The third-order valence-corrected chi connectivity index (χ3v) is 10.8. The minimum Gasteiger partial charge on any atom is -0.444 e. The molecule has 0 bridgehead atoms. The Morgan fingerprint density at radius 1 is 1.07 bits per heavy atom. The number of piperidine rings is 1. The summed E-state index contributed by atoms with van der Waals surface area (Å²) in [7, 11) is 1.89. The molecule has 2 atom stereocenters. The number of nitrogens with zero attached hydrogens (tertiary/aromatic N) is 3. The van der Waals surface area contributed by atoms with Crippen LogP contribution in [0.4, 0.5) is 4.79 Å². The number of halogens is 1. The Morgan fingerprint density at radius 3 is 2.40 bits per heavy atom. The van der Waals surface area contributed by atoms with Crippen molar-refractivity contribution in [2.24, 2.45) is 5.92 Å². The van der Waals surface area contributed by atoms with E-state index in [9.17, 15) is 14.4 Å². The van der Waals surface area contributed by atoms with Crippen molar-refractivity contribution in [2.75, 3.05) is 43.3 Å². The van der Waals surface area contributed by atoms with Crippen LogP contribution in [0, 0.1) is 5.92 Å². The Hall–Kier alpha value is -1.62. The topological polar surface area (TPSA) is 82.2 Å². The number of hydrogen-bond donors (Lipinski definition) is 1. The minimum atomic E-state index is -0.643. The molecule has 3 fully saturated rings. The molecule has 242 valence electrons. The fraction of sp³-hybridized carbons (Fsp3) is 0.719. The van der Waals surface area contributed by atoms with E-state index < -0.39 is 23.8 Å². The molecular weight excluding hydrogens is 604 g/mol. The molecule has 0 spiro atoms. The van der Waals surface area contributed by atoms with E-state index in [2.05, 4.69) is 34.5 Å². The Labute approximate surface area is 273 Å². The molecule has 43 heavy (non-hydrogen) atoms. The lowest BCUT2D eigenvalue weighted by atomic mass is 9.91. The van der Waals surface area contributed by atoms with Gasteiger partial charge in [0.15, 0.2) is 0 Å². The van der Waals surface area contributed by atoms with E-state index in [0.29, 0.717) is 23.3 Å². The molecule has 2 saturated heterocycles. The fourth-order valence-corrected chi connectivity index (χ4v) is 8.45. The van der Waals surface area contributed by atoms with Crippen LogP contribution in [0.2, 0.25) is 0 Å². The molecule has 2 heterocycles. The number of thioether (sulfide) groups is 2. The number of nitrogens with one attached hydrogen (secondary N) is 1. The predicted octanol–water partition coefficient (Wildman–Crippen LogP) is 5.64. The van der Waals surface area contributed by atoms with Gasteiger partial charge in [0.1, 0.15) is 17.7 Å². The van der Waals surface area contributed by atoms with E-state index in [4.69, 9.17) is 4.74 Å². The van der Waals surface area contributed by atoms with Crippen LogP contribution in [0.1, 0.15) is 71.3 Å². The van der Waals surface area contributed by atoms with Gasteiger partial charge < -0.3 is 15.0 Å². The van der Waals surface area contributed by atoms with Crippen molar-refractivity contribution in [2.45, 2.75) is 96.0 Å². The van der Waals surface area contributed by atoms with Crippen LogP contribution in [-0.2, 0) is 20.9 Å². The van der Waals surface area contributed by atoms with Gasteiger partial charge in [0.05, 0.1) is 5.88 Å². The number of carbonyl (C=O) groups is 3. The smallest absolute Gasteiger partial charge is 0.411 e. The zero-order valence-corrected chi connectivity index (χ0v) is 28.7. The van der Waals surface area contributed by atoms with Crippen LogP contribution in [0.15, 0.2) is 30.3 Å². The van der Waals surface area contributed by atoms with E-state index in [1.807, 2.05) is 38.8 Å². The molecule has 1 saturated carbocycles. The lowest BCUT2D eigenvalue weighted by Gasteiger charge is -2.38. The van der Waals surface area contributed by atoms with Gasteiger partial charge in [-0.2, -0.15) is 11.8 Å². The summed E-state index contributed by atoms with van der Waals surface area (Å²) in [4.78, 5) is 46.1. The molecule has 3 amide bonds. The van der Waals surface area contributed by atoms with Gasteiger partial charge in [-0.15, -0.1) is 24.2 Å². The standard InChI is InChI=1S/C32H50N4O4S2.ClH/c1-32(2,3)40-31(39)36-23-42-22-28(36)29(37)33-27(21-41-20-25-13-9-6-10-14-25)30(38)34(4)26-15-17-35(18-16-26)19-24-11-7-5-8-12-24;/h5,7-8,11-12,25-28H,6,9-10,13-23H2,1-4H3,(H,33,37);1H/t27-,28-;/m0./s1. The third kappa shape index (κ3) is 11.0. The highest BCUT2D eigenvalue weighted by Crippen LogP contribution is 2.28. The minimum absolute atomic E-state index is 0. The van der Waals surface area contributed by atoms with E-state index in [0.717, 1.165) is 38.2 Å². The number of likely N-dealkylation sites (tertiary alicyclic amines) is 1. The van der Waals surface area contributed by atoms with Crippen molar-refractivity contribution in [3.8, 4) is 0 Å². The molecule has 1 N–H and O–H groups in total. The lowest BCUT2D eigenvalue weighted by molar-refractivity contribution is -0.138. The Morgan fingerprint density at radius 2 is 1.74 bits per heavy atom. The first-order valence-corrected chi connectivity index (χ1v) is 17.9. The molecule has 0 radical (unpaired) electrons. The Bertz CT molecular complexity index is 1030. The van der Waals surface area contributed by atoms with E-state index in [-0.39, 0.29) is 30.3 Å². The van der Waals surface area contributed by atoms with Gasteiger partial charge in [-0.1, -0.05) is 49.6 Å². The van der Waals surface area contributed by atoms with E-state index >= 15 is 0 Å². The van der Waals surface area contributed by atoms with Crippen molar-refractivity contribution >= 4 is 53.8 Å². The summed E-state index contributed by atoms with van der Waals surface area (Å²) in [5, 5.41) is 3.08. The largest absolute Gasteiger partial charge is 0.444 e. The van der Waals surface area contributed by atoms with Crippen LogP contribution >= 0.6 is 35.9 Å². The van der Waals surface area contributed by atoms with Crippen molar-refractivity contribution in [3.05, 3.63) is 35.9 Å². The molecule has 1 aromatic rings. The number of amides is 3. The summed E-state index contributed by atoms with van der Waals surface area (Å²) in [5.41, 5.74) is 0.669. The van der Waals surface area contributed by atoms with Crippen molar-refractivity contribution < 1.29 is 19.1 Å². The Kier molecular flexibility index (Phi) is 14.3. The zero-order valence-electron chi connectivity index (χ0n) is 26.3. The zero-order chi connectivity index (χ0) is 30.1. The molecule has 1 aliphatic carbocycles. The summed E-state index contributed by atoms with van der Waals surface area (Å²) in [6.07, 6.45) is 7.74. The summed E-state index contributed by atoms with van der Waals surface area (Å²) in [5.74, 6) is 2.86. The summed E-state index contributed by atoms with van der Waals surface area (Å²) >= 11 is 3.31. The first-order chi connectivity index (χ1) is 20.1. The monoisotopic (exact) mass is 654 g/mol. The highest BCUT2D eigenvalue weighted by atomic mass is 35.5. The summed E-state index contributed by atoms with van der Waals surface area (Å²) in [6, 6.07) is 9.39. The van der Waals surface area contributed by atoms with Gasteiger partial charge >= 0.3 is 6.09 Å². The van der Waals surface area contributed by atoms with Gasteiger partial charge in [0, 0.05) is 44.2 Å². The highest BCUT2D eigenvalue weighted by molar-refractivity contribution is 7.99. The maximum Gasteiger partial charge on any atom is 0.411 e. The molecule has 2 aliphatic heterocycles. The second-order valence-electron chi connectivity index (χ2n) is 13.0. The maximum atomic E-state index is 13.9. The summed E-state index contributed by atoms with van der Waals surface area (Å²) < 4.78 is 5.56. The number of carbonyl (C=O) groups excluding carboxylic acids is 3. The van der Waals surface area contributed by atoms with Gasteiger partial charge in [-0.25, -0.2) is 4.79 Å². The molecule has 1 aromatic carbocycles. The quantitative estimate of drug-likeness (QED) is 0.350. The summed E-state index contributed by atoms with van der Waals surface area (Å²) in [6.45, 7) is 8.27. The molecule has 3 aliphatic rings. The van der Waals surface area contributed by atoms with Gasteiger partial charge in [-0.3, -0.25) is 19.4 Å². The fourth-order valence-electron chi connectivity index (χ4n) is 6.04. The van der Waals surface area contributed by atoms with Crippen LogP contribution in [0.5, 0.6) is 0 Å². The average molecular weight is 655 g/mol. The first-order valence-electron chi connectivity index (χ1n) is 15.6. The van der Waals surface area contributed by atoms with Crippen LogP contribution in [0.3, 0.4) is 0 Å². The van der Waals surface area contributed by atoms with E-state index in [1.54, 1.807) is 11.8 Å². The van der Waals surface area contributed by atoms with E-state index in [1.165, 1.54) is 54.3 Å². The molecule has 11 heteroatoms. The van der Waals surface area contributed by atoms with Crippen LogP contribution in [0.25, 0.3) is 0 Å². The van der Waals surface area contributed by atoms with Gasteiger partial charge in [0.25, 0.3) is 0 Å². The van der Waals surface area contributed by atoms with Gasteiger partial charge in [-0.05, 0) is 63.7 Å². The average Bonchev–Trinajstić information content (AvgIpc) is 3.47. The molecule has 4 rings (SSSR count). The van der Waals surface area contributed by atoms with Crippen LogP contribution < -0.4 is 5.32 Å². The first kappa shape index (κ1) is 35.9. The lowest BCUT2D eigenvalue weighted by Crippen LogP contribution is -2.57. The third-order valence-electron chi connectivity index (χ3n) is 8.49. The number of likely N-dealkylation sites (N-methyl/N-ethyl adjacent to an activating group) is 1. The van der Waals surface area contributed by atoms with Crippen molar-refractivity contribution in [3.63, 3.8) is 0 Å². The predicted molar refractivity (Wildman–Crippen MR) is 180 cm³/mol. The number of rotatable bonds is 10.